The number of hydrogen-bond donors (Lipinski definition) is 1. The number of aromatic amines is 1. The molecule has 8 heteroatoms. The number of aromatic nitrogens is 6. The molecule has 0 amide bonds. The third kappa shape index (κ3) is 3.79. The van der Waals surface area contributed by atoms with Crippen LogP contribution in [0.5, 0.6) is 0 Å². The van der Waals surface area contributed by atoms with E-state index in [1.165, 1.54) is 5.56 Å². The van der Waals surface area contributed by atoms with Crippen LogP contribution in [0, 0.1) is 0 Å². The highest BCUT2D eigenvalue weighted by molar-refractivity contribution is 9.10. The third-order valence-electron chi connectivity index (χ3n) is 5.41. The number of nitrogens with zero attached hydrogens (tertiary/aromatic N) is 5. The van der Waals surface area contributed by atoms with Crippen LogP contribution < -0.4 is 0 Å². The average Bonchev–Trinajstić information content (AvgIpc) is 3.54. The van der Waals surface area contributed by atoms with Gasteiger partial charge in [0.2, 0.25) is 0 Å². The van der Waals surface area contributed by atoms with E-state index in [2.05, 4.69) is 71.2 Å². The molecular formula is C23H21BrN6O. The summed E-state index contributed by atoms with van der Waals surface area (Å²) in [5, 5.41) is 16.4. The molecule has 0 saturated heterocycles. The average molecular weight is 477 g/mol. The third-order valence-corrected chi connectivity index (χ3v) is 6.00. The Morgan fingerprint density at radius 3 is 2.77 bits per heavy atom. The Kier molecular flexibility index (Phi) is 5.38. The Balaban J connectivity index is 1.53. The standard InChI is InChI=1S/C23H21BrN6O/c1-2-3-8-20-25-11-12-30(20)14-15-9-10-17-19(13-15)22(24)31-21(17)16-6-4-5-7-18(16)23-26-28-29-27-23/h4-7,9-13H,2-3,8,14H2,1H3,(H,26,27,28,29). The van der Waals surface area contributed by atoms with Crippen LogP contribution in [0.15, 0.2) is 63.9 Å². The number of aryl methyl sites for hydroxylation is 1. The molecule has 0 fully saturated rings. The molecule has 5 rings (SSSR count). The van der Waals surface area contributed by atoms with Gasteiger partial charge < -0.3 is 8.98 Å². The normalized spacial score (nSPS) is 11.4. The van der Waals surface area contributed by atoms with Crippen LogP contribution in [-0.4, -0.2) is 30.2 Å². The molecule has 7 nitrogen and oxygen atoms in total. The van der Waals surface area contributed by atoms with Crippen molar-refractivity contribution in [1.29, 1.82) is 0 Å². The fourth-order valence-electron chi connectivity index (χ4n) is 3.85. The van der Waals surface area contributed by atoms with Crippen LogP contribution in [-0.2, 0) is 13.0 Å². The Morgan fingerprint density at radius 1 is 1.10 bits per heavy atom. The van der Waals surface area contributed by atoms with Crippen LogP contribution in [0.25, 0.3) is 33.5 Å². The minimum atomic E-state index is 0.604. The molecule has 1 N–H and O–H groups in total. The second-order valence-corrected chi connectivity index (χ2v) is 8.18. The highest BCUT2D eigenvalue weighted by atomic mass is 79.9. The van der Waals surface area contributed by atoms with E-state index in [1.54, 1.807) is 0 Å². The zero-order chi connectivity index (χ0) is 21.2. The molecule has 0 aliphatic heterocycles. The number of rotatable bonds is 7. The minimum absolute atomic E-state index is 0.604. The highest BCUT2D eigenvalue weighted by Gasteiger charge is 2.18. The predicted molar refractivity (Wildman–Crippen MR) is 122 cm³/mol. The topological polar surface area (TPSA) is 85.4 Å². The van der Waals surface area contributed by atoms with Gasteiger partial charge in [-0.1, -0.05) is 49.7 Å². The number of tetrazole rings is 1. The quantitative estimate of drug-likeness (QED) is 0.328. The van der Waals surface area contributed by atoms with Gasteiger partial charge in [0.05, 0.1) is 0 Å². The lowest BCUT2D eigenvalue weighted by molar-refractivity contribution is 0.561. The summed E-state index contributed by atoms with van der Waals surface area (Å²) in [6, 6.07) is 14.4. The van der Waals surface area contributed by atoms with Gasteiger partial charge in [-0.15, -0.1) is 5.10 Å². The van der Waals surface area contributed by atoms with Crippen molar-refractivity contribution in [3.8, 4) is 22.7 Å². The number of nitrogens with one attached hydrogen (secondary N) is 1. The first-order valence-corrected chi connectivity index (χ1v) is 11.1. The first-order valence-electron chi connectivity index (χ1n) is 10.3. The molecule has 0 bridgehead atoms. The van der Waals surface area contributed by atoms with Crippen molar-refractivity contribution in [2.24, 2.45) is 0 Å². The molecule has 3 aromatic heterocycles. The molecule has 156 valence electrons. The lowest BCUT2D eigenvalue weighted by atomic mass is 10.0. The van der Waals surface area contributed by atoms with Crippen molar-refractivity contribution >= 4 is 26.7 Å². The molecular weight excluding hydrogens is 456 g/mol. The van der Waals surface area contributed by atoms with Gasteiger partial charge in [-0.25, -0.2) is 10.1 Å². The maximum atomic E-state index is 6.17. The van der Waals surface area contributed by atoms with Crippen molar-refractivity contribution < 1.29 is 4.42 Å². The van der Waals surface area contributed by atoms with Crippen LogP contribution in [0.1, 0.15) is 31.2 Å². The summed E-state index contributed by atoms with van der Waals surface area (Å²) in [4.78, 5) is 4.52. The maximum Gasteiger partial charge on any atom is 0.180 e. The number of imidazole rings is 1. The van der Waals surface area contributed by atoms with Gasteiger partial charge in [0, 0.05) is 47.3 Å². The zero-order valence-corrected chi connectivity index (χ0v) is 18.6. The molecule has 0 atom stereocenters. The van der Waals surface area contributed by atoms with Gasteiger partial charge in [-0.05, 0) is 44.4 Å². The molecule has 0 spiro atoms. The van der Waals surface area contributed by atoms with E-state index in [4.69, 9.17) is 4.42 Å². The largest absolute Gasteiger partial charge is 0.448 e. The van der Waals surface area contributed by atoms with Gasteiger partial charge in [-0.3, -0.25) is 0 Å². The van der Waals surface area contributed by atoms with E-state index in [-0.39, 0.29) is 0 Å². The Morgan fingerprint density at radius 2 is 1.97 bits per heavy atom. The van der Waals surface area contributed by atoms with Gasteiger partial charge in [0.1, 0.15) is 11.6 Å². The predicted octanol–water partition coefficient (Wildman–Crippen LogP) is 5.63. The van der Waals surface area contributed by atoms with Crippen molar-refractivity contribution in [1.82, 2.24) is 30.2 Å². The van der Waals surface area contributed by atoms with E-state index in [1.807, 2.05) is 36.7 Å². The van der Waals surface area contributed by atoms with Crippen LogP contribution in [0.4, 0.5) is 0 Å². The maximum absolute atomic E-state index is 6.17. The monoisotopic (exact) mass is 476 g/mol. The Labute approximate surface area is 187 Å². The SMILES string of the molecule is CCCCc1nccn1Cc1ccc2c(-c3ccccc3-c3nnn[nH]3)oc(Br)c2c1. The van der Waals surface area contributed by atoms with Crippen molar-refractivity contribution in [3.05, 3.63) is 70.9 Å². The first kappa shape index (κ1) is 19.7. The van der Waals surface area contributed by atoms with Crippen molar-refractivity contribution in [3.63, 3.8) is 0 Å². The fourth-order valence-corrected chi connectivity index (χ4v) is 4.34. The number of H-pyrrole nitrogens is 1. The molecule has 3 heterocycles. The summed E-state index contributed by atoms with van der Waals surface area (Å²) >= 11 is 3.62. The van der Waals surface area contributed by atoms with E-state index in [0.717, 1.165) is 59.3 Å². The van der Waals surface area contributed by atoms with E-state index >= 15 is 0 Å². The molecule has 2 aromatic carbocycles. The second kappa shape index (κ2) is 8.47. The van der Waals surface area contributed by atoms with Crippen molar-refractivity contribution in [2.45, 2.75) is 32.7 Å². The number of unbranched alkanes of at least 4 members (excludes halogenated alkanes) is 1. The zero-order valence-electron chi connectivity index (χ0n) is 17.0. The number of halogens is 1. The van der Waals surface area contributed by atoms with Gasteiger partial charge in [0.15, 0.2) is 10.5 Å². The van der Waals surface area contributed by atoms with Gasteiger partial charge in [0.25, 0.3) is 0 Å². The summed E-state index contributed by atoms with van der Waals surface area (Å²) < 4.78 is 9.10. The van der Waals surface area contributed by atoms with Crippen molar-refractivity contribution in [2.75, 3.05) is 0 Å². The van der Waals surface area contributed by atoms with E-state index < -0.39 is 0 Å². The number of furan rings is 1. The lowest BCUT2D eigenvalue weighted by Crippen LogP contribution is -2.04. The van der Waals surface area contributed by atoms with Gasteiger partial charge in [-0.2, -0.15) is 0 Å². The second-order valence-electron chi connectivity index (χ2n) is 7.46. The summed E-state index contributed by atoms with van der Waals surface area (Å²) in [5.74, 6) is 2.52. The highest BCUT2D eigenvalue weighted by Crippen LogP contribution is 2.40. The molecule has 0 radical (unpaired) electrons. The summed E-state index contributed by atoms with van der Waals surface area (Å²) in [6.07, 6.45) is 7.23. The summed E-state index contributed by atoms with van der Waals surface area (Å²) in [6.45, 7) is 2.98. The summed E-state index contributed by atoms with van der Waals surface area (Å²) in [7, 11) is 0. The lowest BCUT2D eigenvalue weighted by Gasteiger charge is -2.08. The van der Waals surface area contributed by atoms with E-state index in [0.29, 0.717) is 10.5 Å². The first-order chi connectivity index (χ1) is 15.2. The molecule has 0 aliphatic rings. The van der Waals surface area contributed by atoms with Crippen LogP contribution >= 0.6 is 15.9 Å². The molecule has 0 unspecified atom stereocenters. The molecule has 5 aromatic rings. The van der Waals surface area contributed by atoms with E-state index in [9.17, 15) is 0 Å². The number of hydrogen-bond acceptors (Lipinski definition) is 5. The number of benzene rings is 2. The molecule has 0 aliphatic carbocycles. The van der Waals surface area contributed by atoms with Crippen LogP contribution in [0.2, 0.25) is 0 Å². The minimum Gasteiger partial charge on any atom is -0.448 e. The van der Waals surface area contributed by atoms with Gasteiger partial charge >= 0.3 is 0 Å². The number of fused-ring (bicyclic) bond motifs is 1. The molecule has 0 saturated carbocycles. The fraction of sp³-hybridized carbons (Fsp3) is 0.217. The Bertz CT molecular complexity index is 1320. The smallest absolute Gasteiger partial charge is 0.180 e. The van der Waals surface area contributed by atoms with Crippen LogP contribution in [0.3, 0.4) is 0 Å². The molecule has 31 heavy (non-hydrogen) atoms. The Hall–Kier alpha value is -3.26. The summed E-state index contributed by atoms with van der Waals surface area (Å²) in [5.41, 5.74) is 3.02.